The molecule has 0 aliphatic carbocycles. The Morgan fingerprint density at radius 2 is 0.636 bits per heavy atom. The Labute approximate surface area is 73.0 Å². The first-order chi connectivity index (χ1) is 4.00. The number of hydrogen-bond acceptors (Lipinski definition) is 4. The third kappa shape index (κ3) is 11500. The van der Waals surface area contributed by atoms with E-state index in [9.17, 15) is 0 Å². The van der Waals surface area contributed by atoms with Gasteiger partial charge in [-0.2, -0.15) is 16.8 Å². The second kappa shape index (κ2) is 5.84. The van der Waals surface area contributed by atoms with E-state index in [-0.39, 0.29) is 16.8 Å². The van der Waals surface area contributed by atoms with E-state index >= 15 is 0 Å². The molecular formula is H4CoO8S2. The van der Waals surface area contributed by atoms with E-state index in [0.717, 1.165) is 0 Å². The molecule has 11 heteroatoms. The van der Waals surface area contributed by atoms with Crippen LogP contribution < -0.4 is 0 Å². The van der Waals surface area contributed by atoms with E-state index in [1.54, 1.807) is 0 Å². The molecule has 0 aromatic heterocycles. The van der Waals surface area contributed by atoms with Gasteiger partial charge in [0, 0.05) is 16.8 Å². The Bertz CT molecular complexity index is 208. The van der Waals surface area contributed by atoms with Gasteiger partial charge in [0.05, 0.1) is 0 Å². The molecule has 0 aliphatic rings. The fraction of sp³-hybridized carbons (Fsp3) is 0. The van der Waals surface area contributed by atoms with Gasteiger partial charge in [-0.15, -0.1) is 0 Å². The summed E-state index contributed by atoms with van der Waals surface area (Å²) in [6.45, 7) is 0. The van der Waals surface area contributed by atoms with Gasteiger partial charge < -0.3 is 0 Å². The molecule has 11 heavy (non-hydrogen) atoms. The van der Waals surface area contributed by atoms with E-state index in [2.05, 4.69) is 0 Å². The molecule has 0 spiro atoms. The Kier molecular flexibility index (Phi) is 9.22. The maximum atomic E-state index is 8.74. The number of rotatable bonds is 0. The first-order valence-electron chi connectivity index (χ1n) is 1.40. The molecule has 0 atom stereocenters. The molecule has 1 radical (unpaired) electrons. The molecule has 0 aromatic carbocycles. The van der Waals surface area contributed by atoms with Crippen LogP contribution in [-0.2, 0) is 37.6 Å². The third-order valence-corrected chi connectivity index (χ3v) is 0. The molecule has 73 valence electrons. The summed E-state index contributed by atoms with van der Waals surface area (Å²) in [5.74, 6) is 0. The van der Waals surface area contributed by atoms with Gasteiger partial charge in [-0.1, -0.05) is 0 Å². The predicted molar refractivity (Wildman–Crippen MR) is 28.4 cm³/mol. The quantitative estimate of drug-likeness (QED) is 0.390. The Morgan fingerprint density at radius 3 is 0.636 bits per heavy atom. The average molecular weight is 255 g/mol. The van der Waals surface area contributed by atoms with Gasteiger partial charge in [-0.25, -0.2) is 0 Å². The van der Waals surface area contributed by atoms with Crippen LogP contribution in [0.2, 0.25) is 0 Å². The molecule has 0 unspecified atom stereocenters. The van der Waals surface area contributed by atoms with Crippen molar-refractivity contribution in [3.63, 3.8) is 0 Å². The summed E-state index contributed by atoms with van der Waals surface area (Å²) < 4.78 is 63.2. The van der Waals surface area contributed by atoms with Gasteiger partial charge in [-0.3, -0.25) is 18.2 Å². The molecule has 0 bridgehead atoms. The minimum absolute atomic E-state index is 0. The second-order valence-electron chi connectivity index (χ2n) is 0.896. The van der Waals surface area contributed by atoms with E-state index in [4.69, 9.17) is 35.0 Å². The van der Waals surface area contributed by atoms with Crippen molar-refractivity contribution in [2.45, 2.75) is 0 Å². The van der Waals surface area contributed by atoms with Gasteiger partial charge in [0.25, 0.3) is 0 Å². The molecule has 8 nitrogen and oxygen atoms in total. The van der Waals surface area contributed by atoms with E-state index in [0.29, 0.717) is 0 Å². The van der Waals surface area contributed by atoms with E-state index in [1.165, 1.54) is 0 Å². The largest absolute Gasteiger partial charge is 0.394 e. The third-order valence-electron chi connectivity index (χ3n) is 0. The van der Waals surface area contributed by atoms with Crippen LogP contribution in [0.1, 0.15) is 0 Å². The molecule has 0 aromatic rings. The molecule has 0 rings (SSSR count). The van der Waals surface area contributed by atoms with Crippen LogP contribution in [0.5, 0.6) is 0 Å². The summed E-state index contributed by atoms with van der Waals surface area (Å²) in [5, 5.41) is 0. The van der Waals surface area contributed by atoms with Gasteiger partial charge in [-0.05, 0) is 0 Å². The normalized spacial score (nSPS) is 10.5. The van der Waals surface area contributed by atoms with Crippen molar-refractivity contribution >= 4 is 20.8 Å². The molecule has 0 saturated heterocycles. The first-order valence-corrected chi connectivity index (χ1v) is 4.19. The average Bonchev–Trinajstić information content (AvgIpc) is 1.12. The van der Waals surface area contributed by atoms with Crippen LogP contribution in [0.15, 0.2) is 0 Å². The maximum Gasteiger partial charge on any atom is 0.394 e. The van der Waals surface area contributed by atoms with Crippen molar-refractivity contribution in [1.82, 2.24) is 0 Å². The maximum absolute atomic E-state index is 8.74. The fourth-order valence-corrected chi connectivity index (χ4v) is 0. The fourth-order valence-electron chi connectivity index (χ4n) is 0. The van der Waals surface area contributed by atoms with Crippen LogP contribution in [0.3, 0.4) is 0 Å². The van der Waals surface area contributed by atoms with Crippen molar-refractivity contribution in [2.75, 3.05) is 0 Å². The molecule has 4 N–H and O–H groups in total. The molecule has 0 saturated carbocycles. The molecule has 0 aliphatic heterocycles. The Hall–Kier alpha value is 0.246. The summed E-state index contributed by atoms with van der Waals surface area (Å²) in [5.41, 5.74) is 0. The minimum Gasteiger partial charge on any atom is -0.264 e. The van der Waals surface area contributed by atoms with Crippen molar-refractivity contribution < 1.29 is 51.8 Å². The van der Waals surface area contributed by atoms with Crippen molar-refractivity contribution in [1.29, 1.82) is 0 Å². The SMILES string of the molecule is O=S(=O)(O)O.O=S(=O)(O)O.[Co]. The smallest absolute Gasteiger partial charge is 0.264 e. The molecule has 0 amide bonds. The van der Waals surface area contributed by atoms with Crippen molar-refractivity contribution in [2.24, 2.45) is 0 Å². The summed E-state index contributed by atoms with van der Waals surface area (Å²) in [4.78, 5) is 0. The number of hydrogen-bond donors (Lipinski definition) is 4. The summed E-state index contributed by atoms with van der Waals surface area (Å²) in [6.07, 6.45) is 0. The van der Waals surface area contributed by atoms with Crippen LogP contribution in [0.4, 0.5) is 0 Å². The van der Waals surface area contributed by atoms with Gasteiger partial charge >= 0.3 is 20.8 Å². The van der Waals surface area contributed by atoms with Crippen molar-refractivity contribution in [3.05, 3.63) is 0 Å². The topological polar surface area (TPSA) is 149 Å². The Balaban J connectivity index is -0.000000107. The van der Waals surface area contributed by atoms with Crippen LogP contribution in [-0.4, -0.2) is 35.0 Å². The monoisotopic (exact) mass is 255 g/mol. The van der Waals surface area contributed by atoms with Crippen LogP contribution in [0, 0.1) is 0 Å². The van der Waals surface area contributed by atoms with Crippen LogP contribution in [0.25, 0.3) is 0 Å². The van der Waals surface area contributed by atoms with Gasteiger partial charge in [0.15, 0.2) is 0 Å². The predicted octanol–water partition coefficient (Wildman–Crippen LogP) is -1.31. The first kappa shape index (κ1) is 17.4. The zero-order valence-electron chi connectivity index (χ0n) is 4.57. The van der Waals surface area contributed by atoms with Gasteiger partial charge in [0.2, 0.25) is 0 Å². The summed E-state index contributed by atoms with van der Waals surface area (Å²) in [7, 11) is -9.33. The summed E-state index contributed by atoms with van der Waals surface area (Å²) in [6, 6.07) is 0. The molecule has 0 fully saturated rings. The molecule has 0 heterocycles. The van der Waals surface area contributed by atoms with Crippen molar-refractivity contribution in [3.8, 4) is 0 Å². The minimum atomic E-state index is -4.67. The zero-order valence-corrected chi connectivity index (χ0v) is 7.25. The van der Waals surface area contributed by atoms with E-state index < -0.39 is 20.8 Å². The molecular weight excluding hydrogens is 251 g/mol. The standard InChI is InChI=1S/Co.2H2O4S/c;2*1-5(2,3)4/h;2*(H2,1,2,3,4). The Morgan fingerprint density at radius 1 is 0.636 bits per heavy atom. The van der Waals surface area contributed by atoms with E-state index in [1.807, 2.05) is 0 Å². The van der Waals surface area contributed by atoms with Crippen LogP contribution >= 0.6 is 0 Å². The second-order valence-corrected chi connectivity index (χ2v) is 2.69. The summed E-state index contributed by atoms with van der Waals surface area (Å²) >= 11 is 0. The van der Waals surface area contributed by atoms with Gasteiger partial charge in [0.1, 0.15) is 0 Å². The zero-order chi connectivity index (χ0) is 9.00.